The summed E-state index contributed by atoms with van der Waals surface area (Å²) in [6, 6.07) is 13.6. The number of amides is 1. The van der Waals surface area contributed by atoms with Crippen LogP contribution < -0.4 is 24.4 Å². The number of aromatic nitrogens is 2. The van der Waals surface area contributed by atoms with Crippen molar-refractivity contribution in [2.75, 3.05) is 56.2 Å². The molecule has 1 unspecified atom stereocenters. The van der Waals surface area contributed by atoms with Crippen molar-refractivity contribution in [2.45, 2.75) is 20.0 Å². The average molecular weight is 490 g/mol. The number of benzene rings is 2. The lowest BCUT2D eigenvalue weighted by Gasteiger charge is -2.35. The lowest BCUT2D eigenvalue weighted by Crippen LogP contribution is -2.49. The lowest BCUT2D eigenvalue weighted by molar-refractivity contribution is -0.117. The summed E-state index contributed by atoms with van der Waals surface area (Å²) in [5.41, 5.74) is 3.04. The Morgan fingerprint density at radius 1 is 1.00 bits per heavy atom. The van der Waals surface area contributed by atoms with E-state index in [1.807, 2.05) is 56.3 Å². The Hall–Kier alpha value is -3.85. The molecular weight excluding hydrogens is 458 g/mol. The summed E-state index contributed by atoms with van der Waals surface area (Å²) in [5, 5.41) is 3.07. The number of nitrogens with zero attached hydrogens (tertiary/aromatic N) is 4. The van der Waals surface area contributed by atoms with E-state index < -0.39 is 0 Å². The third-order valence-electron chi connectivity index (χ3n) is 6.40. The zero-order valence-corrected chi connectivity index (χ0v) is 20.6. The largest absolute Gasteiger partial charge is 0.486 e. The van der Waals surface area contributed by atoms with E-state index in [-0.39, 0.29) is 12.0 Å². The molecule has 1 fully saturated rings. The monoisotopic (exact) mass is 489 g/mol. The van der Waals surface area contributed by atoms with E-state index in [0.29, 0.717) is 31.5 Å². The Balaban J connectivity index is 1.13. The van der Waals surface area contributed by atoms with E-state index in [0.717, 1.165) is 54.5 Å². The molecular formula is C27H31N5O4. The number of rotatable bonds is 7. The van der Waals surface area contributed by atoms with Gasteiger partial charge in [-0.3, -0.25) is 9.69 Å². The van der Waals surface area contributed by atoms with Gasteiger partial charge in [0.25, 0.3) is 5.88 Å². The molecule has 2 aromatic carbocycles. The van der Waals surface area contributed by atoms with E-state index in [4.69, 9.17) is 14.2 Å². The maximum Gasteiger partial charge on any atom is 0.257 e. The highest BCUT2D eigenvalue weighted by Gasteiger charge is 2.25. The van der Waals surface area contributed by atoms with Gasteiger partial charge in [0.15, 0.2) is 23.4 Å². The maximum atomic E-state index is 12.7. The molecule has 2 aliphatic rings. The van der Waals surface area contributed by atoms with Crippen LogP contribution in [0, 0.1) is 13.8 Å². The van der Waals surface area contributed by atoms with E-state index in [1.54, 1.807) is 12.4 Å². The first kappa shape index (κ1) is 23.9. The molecule has 1 saturated heterocycles. The second kappa shape index (κ2) is 10.8. The Labute approximate surface area is 211 Å². The minimum atomic E-state index is -0.234. The van der Waals surface area contributed by atoms with E-state index >= 15 is 0 Å². The minimum absolute atomic E-state index is 0.000601. The number of carbonyl (C=O) groups is 1. The SMILES string of the molecule is Cc1cccc(C)c1NC(=O)CN1CCN(c2nccnc2OCC2COc3ccccc3O2)CC1. The first-order valence-electron chi connectivity index (χ1n) is 12.2. The van der Waals surface area contributed by atoms with Crippen LogP contribution in [0.4, 0.5) is 11.5 Å². The second-order valence-electron chi connectivity index (χ2n) is 9.07. The fourth-order valence-electron chi connectivity index (χ4n) is 4.47. The van der Waals surface area contributed by atoms with Gasteiger partial charge >= 0.3 is 0 Å². The number of fused-ring (bicyclic) bond motifs is 1. The zero-order chi connectivity index (χ0) is 24.9. The van der Waals surface area contributed by atoms with Gasteiger partial charge in [0.2, 0.25) is 5.91 Å². The highest BCUT2D eigenvalue weighted by Crippen LogP contribution is 2.31. The molecule has 0 aliphatic carbocycles. The molecule has 0 radical (unpaired) electrons. The van der Waals surface area contributed by atoms with E-state index in [9.17, 15) is 4.79 Å². The van der Waals surface area contributed by atoms with E-state index in [2.05, 4.69) is 25.1 Å². The Kier molecular flexibility index (Phi) is 7.18. The normalized spacial score (nSPS) is 17.5. The highest BCUT2D eigenvalue weighted by molar-refractivity contribution is 5.93. The molecule has 1 N–H and O–H groups in total. The van der Waals surface area contributed by atoms with Crippen LogP contribution in [-0.4, -0.2) is 72.8 Å². The van der Waals surface area contributed by atoms with Crippen molar-refractivity contribution >= 4 is 17.4 Å². The molecule has 5 rings (SSSR count). The van der Waals surface area contributed by atoms with Crippen molar-refractivity contribution in [3.8, 4) is 17.4 Å². The molecule has 36 heavy (non-hydrogen) atoms. The Bertz CT molecular complexity index is 1190. The molecule has 3 aromatic rings. The number of ether oxygens (including phenoxy) is 3. The predicted molar refractivity (Wildman–Crippen MR) is 137 cm³/mol. The Morgan fingerprint density at radius 3 is 2.50 bits per heavy atom. The van der Waals surface area contributed by atoms with Crippen molar-refractivity contribution < 1.29 is 19.0 Å². The molecule has 0 saturated carbocycles. The fourth-order valence-corrected chi connectivity index (χ4v) is 4.47. The smallest absolute Gasteiger partial charge is 0.257 e. The summed E-state index contributed by atoms with van der Waals surface area (Å²) in [6.45, 7) is 8.02. The predicted octanol–water partition coefficient (Wildman–Crippen LogP) is 3.07. The molecule has 188 valence electrons. The topological polar surface area (TPSA) is 89.1 Å². The summed E-state index contributed by atoms with van der Waals surface area (Å²) in [7, 11) is 0. The van der Waals surface area contributed by atoms with Crippen molar-refractivity contribution in [3.05, 3.63) is 66.0 Å². The van der Waals surface area contributed by atoms with Crippen LogP contribution in [0.3, 0.4) is 0 Å². The molecule has 9 nitrogen and oxygen atoms in total. The summed E-state index contributed by atoms with van der Waals surface area (Å²) >= 11 is 0. The zero-order valence-electron chi connectivity index (χ0n) is 20.6. The van der Waals surface area contributed by atoms with E-state index in [1.165, 1.54) is 0 Å². The average Bonchev–Trinajstić information content (AvgIpc) is 2.90. The second-order valence-corrected chi connectivity index (χ2v) is 9.07. The quantitative estimate of drug-likeness (QED) is 0.542. The van der Waals surface area contributed by atoms with Crippen molar-refractivity contribution in [1.82, 2.24) is 14.9 Å². The van der Waals surface area contributed by atoms with Gasteiger partial charge in [-0.2, -0.15) is 0 Å². The van der Waals surface area contributed by atoms with Crippen LogP contribution in [0.15, 0.2) is 54.9 Å². The van der Waals surface area contributed by atoms with Gasteiger partial charge in [0.1, 0.15) is 13.2 Å². The summed E-state index contributed by atoms with van der Waals surface area (Å²) in [6.07, 6.45) is 3.06. The van der Waals surface area contributed by atoms with Gasteiger partial charge in [-0.25, -0.2) is 9.97 Å². The summed E-state index contributed by atoms with van der Waals surface area (Å²) in [5.74, 6) is 2.64. The third-order valence-corrected chi connectivity index (χ3v) is 6.40. The highest BCUT2D eigenvalue weighted by atomic mass is 16.6. The number of nitrogens with one attached hydrogen (secondary N) is 1. The first-order chi connectivity index (χ1) is 17.6. The van der Waals surface area contributed by atoms with Gasteiger partial charge in [-0.1, -0.05) is 30.3 Å². The Morgan fingerprint density at radius 2 is 1.72 bits per heavy atom. The van der Waals surface area contributed by atoms with Crippen molar-refractivity contribution in [3.63, 3.8) is 0 Å². The van der Waals surface area contributed by atoms with Crippen LogP contribution >= 0.6 is 0 Å². The summed E-state index contributed by atoms with van der Waals surface area (Å²) < 4.78 is 17.8. The van der Waals surface area contributed by atoms with Crippen molar-refractivity contribution in [1.29, 1.82) is 0 Å². The van der Waals surface area contributed by atoms with Gasteiger partial charge in [-0.15, -0.1) is 0 Å². The number of anilines is 2. The number of hydrogen-bond acceptors (Lipinski definition) is 8. The molecule has 0 spiro atoms. The molecule has 3 heterocycles. The van der Waals surface area contributed by atoms with Crippen molar-refractivity contribution in [2.24, 2.45) is 0 Å². The van der Waals surface area contributed by atoms with Crippen LogP contribution in [0.1, 0.15) is 11.1 Å². The minimum Gasteiger partial charge on any atom is -0.486 e. The molecule has 1 atom stereocenters. The number of carbonyl (C=O) groups excluding carboxylic acids is 1. The summed E-state index contributed by atoms with van der Waals surface area (Å²) in [4.78, 5) is 25.9. The van der Waals surface area contributed by atoms with Crippen LogP contribution in [0.5, 0.6) is 17.4 Å². The number of para-hydroxylation sites is 3. The molecule has 1 amide bonds. The standard InChI is InChI=1S/C27H31N5O4/c1-19-6-5-7-20(2)25(19)30-24(33)16-31-12-14-32(15-13-31)26-27(29-11-10-28-26)35-18-21-17-34-22-8-3-4-9-23(22)36-21/h3-11,21H,12-18H2,1-2H3,(H,30,33). The number of aryl methyl sites for hydroxylation is 2. The third kappa shape index (κ3) is 5.52. The van der Waals surface area contributed by atoms with Gasteiger partial charge < -0.3 is 24.4 Å². The molecule has 1 aromatic heterocycles. The van der Waals surface area contributed by atoms with Gasteiger partial charge in [-0.05, 0) is 37.1 Å². The first-order valence-corrected chi connectivity index (χ1v) is 12.2. The number of hydrogen-bond donors (Lipinski definition) is 1. The number of piperazine rings is 1. The fraction of sp³-hybridized carbons (Fsp3) is 0.370. The van der Waals surface area contributed by atoms with Gasteiger partial charge in [0, 0.05) is 44.3 Å². The van der Waals surface area contributed by atoms with Crippen LogP contribution in [-0.2, 0) is 4.79 Å². The molecule has 2 aliphatic heterocycles. The van der Waals surface area contributed by atoms with Gasteiger partial charge in [0.05, 0.1) is 6.54 Å². The molecule has 0 bridgehead atoms. The maximum absolute atomic E-state index is 12.7. The van der Waals surface area contributed by atoms with Crippen LogP contribution in [0.2, 0.25) is 0 Å². The molecule has 9 heteroatoms. The lowest BCUT2D eigenvalue weighted by atomic mass is 10.1. The van der Waals surface area contributed by atoms with Crippen LogP contribution in [0.25, 0.3) is 0 Å².